The fourth-order valence-corrected chi connectivity index (χ4v) is 1.47. The van der Waals surface area contributed by atoms with E-state index in [1.54, 1.807) is 0 Å². The average Bonchev–Trinajstić information content (AvgIpc) is 2.39. The van der Waals surface area contributed by atoms with Crippen LogP contribution in [0.2, 0.25) is 0 Å². The molecule has 2 aromatic carbocycles. The van der Waals surface area contributed by atoms with Crippen molar-refractivity contribution in [2.75, 3.05) is 0 Å². The zero-order chi connectivity index (χ0) is 14.5. The van der Waals surface area contributed by atoms with E-state index in [4.69, 9.17) is 10.2 Å². The summed E-state index contributed by atoms with van der Waals surface area (Å²) in [6.45, 7) is 0. The van der Waals surface area contributed by atoms with E-state index < -0.39 is 0 Å². The maximum atomic E-state index is 9.51. The molecule has 6 nitrogen and oxygen atoms in total. The summed E-state index contributed by atoms with van der Waals surface area (Å²) in [5, 5.41) is 44.7. The van der Waals surface area contributed by atoms with Crippen molar-refractivity contribution in [1.82, 2.24) is 0 Å². The Morgan fingerprint density at radius 1 is 0.650 bits per heavy atom. The van der Waals surface area contributed by atoms with Gasteiger partial charge in [-0.2, -0.15) is 10.2 Å². The highest BCUT2D eigenvalue weighted by Gasteiger charge is 1.99. The van der Waals surface area contributed by atoms with Crippen molar-refractivity contribution in [1.29, 1.82) is 0 Å². The van der Waals surface area contributed by atoms with Crippen LogP contribution in [0.4, 0.5) is 0 Å². The normalized spacial score (nSPS) is 11.4. The molecule has 0 heterocycles. The standard InChI is InChI=1S/C14H12N2O4/c17-11-3-1-9(13(19)5-11)7-15-16-8-10-2-4-12(18)6-14(10)20/h1-8,17-20H. The molecule has 0 fully saturated rings. The lowest BCUT2D eigenvalue weighted by atomic mass is 10.2. The van der Waals surface area contributed by atoms with Gasteiger partial charge >= 0.3 is 0 Å². The zero-order valence-electron chi connectivity index (χ0n) is 10.3. The molecule has 20 heavy (non-hydrogen) atoms. The highest BCUT2D eigenvalue weighted by Crippen LogP contribution is 2.22. The molecule has 0 aliphatic heterocycles. The summed E-state index contributed by atoms with van der Waals surface area (Å²) in [7, 11) is 0. The van der Waals surface area contributed by atoms with Gasteiger partial charge in [-0.05, 0) is 24.3 Å². The Labute approximate surface area is 114 Å². The Bertz CT molecular complexity index is 621. The highest BCUT2D eigenvalue weighted by atomic mass is 16.3. The molecular weight excluding hydrogens is 260 g/mol. The van der Waals surface area contributed by atoms with Crippen molar-refractivity contribution in [3.05, 3.63) is 47.5 Å². The molecule has 0 bridgehead atoms. The first-order valence-corrected chi connectivity index (χ1v) is 5.66. The van der Waals surface area contributed by atoms with E-state index in [2.05, 4.69) is 10.2 Å². The van der Waals surface area contributed by atoms with Gasteiger partial charge in [-0.15, -0.1) is 0 Å². The van der Waals surface area contributed by atoms with Crippen LogP contribution in [-0.4, -0.2) is 32.9 Å². The summed E-state index contributed by atoms with van der Waals surface area (Å²) >= 11 is 0. The minimum absolute atomic E-state index is 0.0443. The van der Waals surface area contributed by atoms with E-state index in [1.807, 2.05) is 0 Å². The first-order chi connectivity index (χ1) is 9.56. The molecule has 2 aromatic rings. The van der Waals surface area contributed by atoms with Crippen LogP contribution in [0, 0.1) is 0 Å². The molecule has 0 saturated carbocycles. The van der Waals surface area contributed by atoms with Crippen molar-refractivity contribution in [3.63, 3.8) is 0 Å². The van der Waals surface area contributed by atoms with Crippen LogP contribution < -0.4 is 0 Å². The van der Waals surface area contributed by atoms with Gasteiger partial charge in [0.05, 0.1) is 12.4 Å². The van der Waals surface area contributed by atoms with E-state index in [0.717, 1.165) is 0 Å². The molecule has 6 heteroatoms. The molecule has 2 rings (SSSR count). The van der Waals surface area contributed by atoms with Gasteiger partial charge in [-0.25, -0.2) is 0 Å². The van der Waals surface area contributed by atoms with Gasteiger partial charge in [0, 0.05) is 23.3 Å². The van der Waals surface area contributed by atoms with Gasteiger partial charge < -0.3 is 20.4 Å². The number of hydrogen-bond donors (Lipinski definition) is 4. The van der Waals surface area contributed by atoms with E-state index >= 15 is 0 Å². The molecule has 0 unspecified atom stereocenters. The van der Waals surface area contributed by atoms with Crippen molar-refractivity contribution in [3.8, 4) is 23.0 Å². The van der Waals surface area contributed by atoms with Crippen LogP contribution in [-0.2, 0) is 0 Å². The lowest BCUT2D eigenvalue weighted by Gasteiger charge is -1.98. The lowest BCUT2D eigenvalue weighted by molar-refractivity contribution is 0.449. The molecule has 4 N–H and O–H groups in total. The number of phenols is 4. The molecule has 0 saturated heterocycles. The third kappa shape index (κ3) is 3.26. The molecule has 102 valence electrons. The number of hydrogen-bond acceptors (Lipinski definition) is 6. The second-order valence-corrected chi connectivity index (χ2v) is 3.98. The molecule has 0 radical (unpaired) electrons. The van der Waals surface area contributed by atoms with E-state index in [-0.39, 0.29) is 23.0 Å². The average molecular weight is 272 g/mol. The van der Waals surface area contributed by atoms with Crippen LogP contribution in [0.15, 0.2) is 46.6 Å². The van der Waals surface area contributed by atoms with Crippen LogP contribution in [0.1, 0.15) is 11.1 Å². The Morgan fingerprint density at radius 2 is 1.05 bits per heavy atom. The number of rotatable bonds is 3. The smallest absolute Gasteiger partial charge is 0.128 e. The Hall–Kier alpha value is -3.02. The molecule has 0 amide bonds. The summed E-state index contributed by atoms with van der Waals surface area (Å²) in [6.07, 6.45) is 2.62. The van der Waals surface area contributed by atoms with Gasteiger partial charge in [0.2, 0.25) is 0 Å². The predicted molar refractivity (Wildman–Crippen MR) is 74.7 cm³/mol. The zero-order valence-corrected chi connectivity index (χ0v) is 10.3. The lowest BCUT2D eigenvalue weighted by Crippen LogP contribution is -1.83. The van der Waals surface area contributed by atoms with Crippen LogP contribution in [0.5, 0.6) is 23.0 Å². The van der Waals surface area contributed by atoms with Crippen molar-refractivity contribution in [2.45, 2.75) is 0 Å². The molecule has 0 atom stereocenters. The monoisotopic (exact) mass is 272 g/mol. The van der Waals surface area contributed by atoms with Crippen LogP contribution in [0.3, 0.4) is 0 Å². The molecule has 0 aromatic heterocycles. The highest BCUT2D eigenvalue weighted by molar-refractivity contribution is 5.86. The number of aromatic hydroxyl groups is 4. The summed E-state index contributed by atoms with van der Waals surface area (Å²) in [5.41, 5.74) is 0.796. The number of benzene rings is 2. The largest absolute Gasteiger partial charge is 0.508 e. The van der Waals surface area contributed by atoms with Crippen molar-refractivity contribution >= 4 is 12.4 Å². The van der Waals surface area contributed by atoms with Gasteiger partial charge in [0.15, 0.2) is 0 Å². The van der Waals surface area contributed by atoms with E-state index in [1.165, 1.54) is 48.8 Å². The third-order valence-electron chi connectivity index (χ3n) is 2.49. The number of phenolic OH excluding ortho intramolecular Hbond substituents is 4. The minimum atomic E-state index is -0.114. The minimum Gasteiger partial charge on any atom is -0.508 e. The molecule has 0 spiro atoms. The maximum Gasteiger partial charge on any atom is 0.128 e. The van der Waals surface area contributed by atoms with Crippen LogP contribution >= 0.6 is 0 Å². The van der Waals surface area contributed by atoms with E-state index in [0.29, 0.717) is 11.1 Å². The first-order valence-electron chi connectivity index (χ1n) is 5.66. The summed E-state index contributed by atoms with van der Waals surface area (Å²) in [4.78, 5) is 0. The number of nitrogens with zero attached hydrogens (tertiary/aromatic N) is 2. The second kappa shape index (κ2) is 5.75. The Morgan fingerprint density at radius 3 is 1.40 bits per heavy atom. The fraction of sp³-hybridized carbons (Fsp3) is 0. The molecular formula is C14H12N2O4. The van der Waals surface area contributed by atoms with Gasteiger partial charge in [0.1, 0.15) is 23.0 Å². The molecule has 0 aliphatic rings. The van der Waals surface area contributed by atoms with Crippen LogP contribution in [0.25, 0.3) is 0 Å². The molecule has 0 aliphatic carbocycles. The predicted octanol–water partition coefficient (Wildman–Crippen LogP) is 1.96. The quantitative estimate of drug-likeness (QED) is 0.506. The summed E-state index contributed by atoms with van der Waals surface area (Å²) in [6, 6.07) is 8.18. The topological polar surface area (TPSA) is 106 Å². The van der Waals surface area contributed by atoms with Gasteiger partial charge in [-0.3, -0.25) is 0 Å². The maximum absolute atomic E-state index is 9.51. The Balaban J connectivity index is 2.11. The first kappa shape index (κ1) is 13.4. The fourth-order valence-electron chi connectivity index (χ4n) is 1.47. The third-order valence-corrected chi connectivity index (χ3v) is 2.49. The van der Waals surface area contributed by atoms with Crippen molar-refractivity contribution < 1.29 is 20.4 Å². The van der Waals surface area contributed by atoms with Gasteiger partial charge in [-0.1, -0.05) is 0 Å². The SMILES string of the molecule is Oc1ccc(C=NN=Cc2ccc(O)cc2O)c(O)c1. The Kier molecular flexibility index (Phi) is 3.85. The van der Waals surface area contributed by atoms with Crippen molar-refractivity contribution in [2.24, 2.45) is 10.2 Å². The summed E-state index contributed by atoms with van der Waals surface area (Å²) < 4.78 is 0. The second-order valence-electron chi connectivity index (χ2n) is 3.98. The van der Waals surface area contributed by atoms with Gasteiger partial charge in [0.25, 0.3) is 0 Å². The van der Waals surface area contributed by atoms with E-state index in [9.17, 15) is 10.2 Å². The summed E-state index contributed by atoms with van der Waals surface area (Å²) in [5.74, 6) is -0.317.